The van der Waals surface area contributed by atoms with Gasteiger partial charge in [0, 0.05) is 19.1 Å². The number of rotatable bonds is 14. The number of hydrogen-bond acceptors (Lipinski definition) is 7. The van der Waals surface area contributed by atoms with Gasteiger partial charge in [0.05, 0.1) is 19.8 Å². The lowest BCUT2D eigenvalue weighted by molar-refractivity contribution is -0.122. The average molecular weight is 521 g/mol. The van der Waals surface area contributed by atoms with Gasteiger partial charge in [-0.05, 0) is 28.7 Å². The van der Waals surface area contributed by atoms with Crippen LogP contribution in [0.4, 0.5) is 4.79 Å². The molecule has 0 saturated heterocycles. The number of benzene rings is 2. The molecule has 0 aromatic heterocycles. The second-order valence-corrected chi connectivity index (χ2v) is 9.78. The Hall–Kier alpha value is -2.99. The van der Waals surface area contributed by atoms with Crippen LogP contribution in [0.1, 0.15) is 30.4 Å². The first-order valence-corrected chi connectivity index (χ1v) is 13.4. The van der Waals surface area contributed by atoms with E-state index in [9.17, 15) is 22.6 Å². The van der Waals surface area contributed by atoms with Crippen LogP contribution in [0.3, 0.4) is 0 Å². The van der Waals surface area contributed by atoms with Gasteiger partial charge in [-0.15, -0.1) is 0 Å². The van der Waals surface area contributed by atoms with Crippen LogP contribution in [0.25, 0.3) is 11.1 Å². The fourth-order valence-electron chi connectivity index (χ4n) is 4.01. The van der Waals surface area contributed by atoms with Gasteiger partial charge in [0.25, 0.3) is 10.1 Å². The van der Waals surface area contributed by atoms with E-state index < -0.39 is 33.9 Å². The van der Waals surface area contributed by atoms with Gasteiger partial charge in [0.2, 0.25) is 5.91 Å². The number of ether oxygens (including phenoxy) is 3. The molecule has 0 heterocycles. The van der Waals surface area contributed by atoms with Gasteiger partial charge >= 0.3 is 6.09 Å². The van der Waals surface area contributed by atoms with Gasteiger partial charge in [-0.1, -0.05) is 55.5 Å². The first-order chi connectivity index (χ1) is 17.3. The number of carbonyl (C=O) groups excluding carboxylic acids is 2. The van der Waals surface area contributed by atoms with Crippen LogP contribution in [0.5, 0.6) is 0 Å². The fraction of sp³-hybridized carbons (Fsp3) is 0.440. The number of fused-ring (bicyclic) bond motifs is 3. The maximum Gasteiger partial charge on any atom is 0.407 e. The van der Waals surface area contributed by atoms with Crippen LogP contribution in [0.2, 0.25) is 0 Å². The molecule has 0 fully saturated rings. The average Bonchev–Trinajstić information content (AvgIpc) is 3.17. The third-order valence-electron chi connectivity index (χ3n) is 5.60. The van der Waals surface area contributed by atoms with E-state index in [1.54, 1.807) is 0 Å². The highest BCUT2D eigenvalue weighted by molar-refractivity contribution is 7.85. The van der Waals surface area contributed by atoms with E-state index in [2.05, 4.69) is 10.6 Å². The van der Waals surface area contributed by atoms with E-state index in [1.807, 2.05) is 55.5 Å². The van der Waals surface area contributed by atoms with Crippen molar-refractivity contribution in [3.8, 4) is 11.1 Å². The van der Waals surface area contributed by atoms with Crippen molar-refractivity contribution in [3.05, 3.63) is 59.7 Å². The van der Waals surface area contributed by atoms with Crippen LogP contribution in [-0.2, 0) is 29.1 Å². The molecular weight excluding hydrogens is 488 g/mol. The Kier molecular flexibility index (Phi) is 10.2. The number of carbonyl (C=O) groups is 2. The van der Waals surface area contributed by atoms with E-state index in [-0.39, 0.29) is 25.7 Å². The summed E-state index contributed by atoms with van der Waals surface area (Å²) in [5.41, 5.74) is 4.15. The van der Waals surface area contributed by atoms with Crippen molar-refractivity contribution < 1.29 is 36.8 Å². The molecule has 0 bridgehead atoms. The molecule has 2 amide bonds. The molecule has 0 unspecified atom stereocenters. The summed E-state index contributed by atoms with van der Waals surface area (Å²) in [4.78, 5) is 25.0. The van der Waals surface area contributed by atoms with Gasteiger partial charge in [0.1, 0.15) is 18.4 Å². The molecule has 11 heteroatoms. The van der Waals surface area contributed by atoms with Crippen LogP contribution < -0.4 is 10.6 Å². The van der Waals surface area contributed by atoms with E-state index in [1.165, 1.54) is 0 Å². The Bertz CT molecular complexity index is 1090. The third-order valence-corrected chi connectivity index (χ3v) is 6.35. The van der Waals surface area contributed by atoms with Crippen molar-refractivity contribution in [1.29, 1.82) is 0 Å². The second kappa shape index (κ2) is 13.4. The normalized spacial score (nSPS) is 13.5. The first kappa shape index (κ1) is 27.6. The van der Waals surface area contributed by atoms with Crippen molar-refractivity contribution in [1.82, 2.24) is 10.6 Å². The SMILES string of the molecule is CCCOCCOCCNC(=O)[C@H](CS(=O)(=O)O)NC(=O)OCC1c2ccccc2-c2ccccc21. The van der Waals surface area contributed by atoms with Crippen LogP contribution >= 0.6 is 0 Å². The molecule has 0 radical (unpaired) electrons. The van der Waals surface area contributed by atoms with Gasteiger partial charge in [0.15, 0.2) is 0 Å². The lowest BCUT2D eigenvalue weighted by Crippen LogP contribution is -2.51. The topological polar surface area (TPSA) is 140 Å². The highest BCUT2D eigenvalue weighted by Gasteiger charge is 2.30. The van der Waals surface area contributed by atoms with Crippen molar-refractivity contribution in [2.75, 3.05) is 45.3 Å². The van der Waals surface area contributed by atoms with Crippen LogP contribution in [-0.4, -0.2) is 76.3 Å². The van der Waals surface area contributed by atoms with E-state index in [0.717, 1.165) is 28.7 Å². The molecule has 0 aliphatic heterocycles. The summed E-state index contributed by atoms with van der Waals surface area (Å²) in [6.07, 6.45) is -0.0630. The van der Waals surface area contributed by atoms with Crippen molar-refractivity contribution in [3.63, 3.8) is 0 Å². The molecule has 10 nitrogen and oxygen atoms in total. The summed E-state index contributed by atoms with van der Waals surface area (Å²) < 4.78 is 48.1. The molecule has 1 atom stereocenters. The standard InChI is InChI=1S/C25H32N2O8S/c1-2-12-33-14-15-34-13-11-26-24(28)23(17-36(30,31)32)27-25(29)35-16-22-20-9-5-3-7-18(20)19-8-4-6-10-21(19)22/h3-10,22-23H,2,11-17H2,1H3,(H,26,28)(H,27,29)(H,30,31,32)/t23-/m0/s1. The molecule has 0 saturated carbocycles. The summed E-state index contributed by atoms with van der Waals surface area (Å²) >= 11 is 0. The molecule has 3 rings (SSSR count). The highest BCUT2D eigenvalue weighted by Crippen LogP contribution is 2.44. The maximum absolute atomic E-state index is 12.5. The second-order valence-electron chi connectivity index (χ2n) is 8.29. The summed E-state index contributed by atoms with van der Waals surface area (Å²) in [6.45, 7) is 3.66. The highest BCUT2D eigenvalue weighted by atomic mass is 32.2. The zero-order valence-corrected chi connectivity index (χ0v) is 21.0. The largest absolute Gasteiger partial charge is 0.449 e. The summed E-state index contributed by atoms with van der Waals surface area (Å²) in [7, 11) is -4.55. The van der Waals surface area contributed by atoms with E-state index in [0.29, 0.717) is 19.8 Å². The minimum Gasteiger partial charge on any atom is -0.449 e. The summed E-state index contributed by atoms with van der Waals surface area (Å²) in [5, 5.41) is 4.73. The van der Waals surface area contributed by atoms with Crippen molar-refractivity contribution in [2.45, 2.75) is 25.3 Å². The van der Waals surface area contributed by atoms with E-state index in [4.69, 9.17) is 14.2 Å². The molecule has 196 valence electrons. The minimum absolute atomic E-state index is 0.00594. The quantitative estimate of drug-likeness (QED) is 0.255. The number of nitrogens with one attached hydrogen (secondary N) is 2. The van der Waals surface area contributed by atoms with Crippen LogP contribution in [0, 0.1) is 0 Å². The zero-order chi connectivity index (χ0) is 26.0. The Morgan fingerprint density at radius 2 is 1.53 bits per heavy atom. The first-order valence-electron chi connectivity index (χ1n) is 11.8. The number of amides is 2. The molecular formula is C25H32N2O8S. The smallest absolute Gasteiger partial charge is 0.407 e. The van der Waals surface area contributed by atoms with Crippen molar-refractivity contribution >= 4 is 22.1 Å². The Morgan fingerprint density at radius 1 is 0.944 bits per heavy atom. The third kappa shape index (κ3) is 8.02. The fourth-order valence-corrected chi connectivity index (χ4v) is 4.67. The lowest BCUT2D eigenvalue weighted by Gasteiger charge is -2.19. The minimum atomic E-state index is -4.55. The lowest BCUT2D eigenvalue weighted by atomic mass is 9.98. The van der Waals surface area contributed by atoms with Crippen molar-refractivity contribution in [2.24, 2.45) is 0 Å². The molecule has 3 N–H and O–H groups in total. The number of alkyl carbamates (subject to hydrolysis) is 1. The van der Waals surface area contributed by atoms with Gasteiger partial charge < -0.3 is 24.8 Å². The predicted octanol–water partition coefficient (Wildman–Crippen LogP) is 2.34. The predicted molar refractivity (Wildman–Crippen MR) is 133 cm³/mol. The van der Waals surface area contributed by atoms with Gasteiger partial charge in [-0.25, -0.2) is 4.79 Å². The molecule has 1 aliphatic rings. The molecule has 2 aromatic carbocycles. The van der Waals surface area contributed by atoms with Gasteiger partial charge in [-0.3, -0.25) is 9.35 Å². The molecule has 36 heavy (non-hydrogen) atoms. The maximum atomic E-state index is 12.5. The summed E-state index contributed by atoms with van der Waals surface area (Å²) in [6, 6.07) is 14.1. The molecule has 0 spiro atoms. The Morgan fingerprint density at radius 3 is 2.11 bits per heavy atom. The zero-order valence-electron chi connectivity index (χ0n) is 20.1. The molecule has 2 aromatic rings. The Labute approximate surface area is 211 Å². The van der Waals surface area contributed by atoms with E-state index >= 15 is 0 Å². The monoisotopic (exact) mass is 520 g/mol. The Balaban J connectivity index is 1.53. The van der Waals surface area contributed by atoms with Crippen LogP contribution in [0.15, 0.2) is 48.5 Å². The molecule has 1 aliphatic carbocycles. The number of hydrogen-bond donors (Lipinski definition) is 3. The summed E-state index contributed by atoms with van der Waals surface area (Å²) in [5.74, 6) is -1.98. The van der Waals surface area contributed by atoms with Gasteiger partial charge in [-0.2, -0.15) is 8.42 Å².